The second kappa shape index (κ2) is 7.77. The van der Waals surface area contributed by atoms with E-state index in [1.807, 2.05) is 30.3 Å². The summed E-state index contributed by atoms with van der Waals surface area (Å²) in [7, 11) is 1.79. The Morgan fingerprint density at radius 1 is 1.39 bits per heavy atom. The van der Waals surface area contributed by atoms with Gasteiger partial charge in [-0.3, -0.25) is 0 Å². The lowest BCUT2D eigenvalue weighted by Gasteiger charge is -2.15. The molecule has 98 valence electrons. The van der Waals surface area contributed by atoms with Crippen LogP contribution < -0.4 is 5.32 Å². The topological polar surface area (TPSA) is 32.3 Å². The predicted molar refractivity (Wildman–Crippen MR) is 76.6 cm³/mol. The molecule has 0 saturated heterocycles. The van der Waals surface area contributed by atoms with E-state index in [1.54, 1.807) is 18.1 Å². The van der Waals surface area contributed by atoms with Crippen molar-refractivity contribution < 1.29 is 4.79 Å². The number of carbonyl (C=O) groups is 1. The third kappa shape index (κ3) is 5.23. The average molecular weight is 267 g/mol. The first-order valence-corrected chi connectivity index (χ1v) is 6.45. The number of hydrogen-bond donors (Lipinski definition) is 1. The highest BCUT2D eigenvalue weighted by molar-refractivity contribution is 6.30. The summed E-state index contributed by atoms with van der Waals surface area (Å²) in [6.07, 6.45) is 5.58. The standard InChI is InChI=1S/C14H19ClN2O/c1-3-4-11-17(2)14(18)16-10-9-12-5-7-13(15)8-6-12/h5-10H,3-4,11H2,1-2H3,(H,16,18)/b10-9+. The van der Waals surface area contributed by atoms with Gasteiger partial charge >= 0.3 is 6.03 Å². The average Bonchev–Trinajstić information content (AvgIpc) is 2.38. The van der Waals surface area contributed by atoms with Crippen LogP contribution in [0.4, 0.5) is 4.79 Å². The second-order valence-electron chi connectivity index (χ2n) is 4.11. The van der Waals surface area contributed by atoms with Crippen molar-refractivity contribution in [3.63, 3.8) is 0 Å². The summed E-state index contributed by atoms with van der Waals surface area (Å²) in [6, 6.07) is 7.33. The number of amides is 2. The minimum Gasteiger partial charge on any atom is -0.328 e. The van der Waals surface area contributed by atoms with Gasteiger partial charge < -0.3 is 10.2 Å². The van der Waals surface area contributed by atoms with Crippen molar-refractivity contribution in [1.29, 1.82) is 0 Å². The maximum atomic E-state index is 11.6. The number of halogens is 1. The van der Waals surface area contributed by atoms with Crippen LogP contribution in [0.5, 0.6) is 0 Å². The molecule has 0 aliphatic rings. The number of urea groups is 1. The molecule has 1 aromatic carbocycles. The van der Waals surface area contributed by atoms with Crippen LogP contribution in [0.3, 0.4) is 0 Å². The molecule has 0 aliphatic heterocycles. The lowest BCUT2D eigenvalue weighted by atomic mass is 10.2. The number of hydrogen-bond acceptors (Lipinski definition) is 1. The Kier molecular flexibility index (Phi) is 6.29. The molecule has 0 atom stereocenters. The lowest BCUT2D eigenvalue weighted by molar-refractivity contribution is 0.212. The first-order valence-electron chi connectivity index (χ1n) is 6.07. The summed E-state index contributed by atoms with van der Waals surface area (Å²) < 4.78 is 0. The molecule has 1 aromatic rings. The van der Waals surface area contributed by atoms with E-state index < -0.39 is 0 Å². The minimum atomic E-state index is -0.0892. The van der Waals surface area contributed by atoms with E-state index in [0.29, 0.717) is 5.02 Å². The Labute approximate surface area is 113 Å². The van der Waals surface area contributed by atoms with Crippen molar-refractivity contribution in [3.8, 4) is 0 Å². The maximum Gasteiger partial charge on any atom is 0.321 e. The maximum absolute atomic E-state index is 11.6. The quantitative estimate of drug-likeness (QED) is 0.865. The van der Waals surface area contributed by atoms with E-state index in [4.69, 9.17) is 11.6 Å². The number of carbonyl (C=O) groups excluding carboxylic acids is 1. The monoisotopic (exact) mass is 266 g/mol. The molecule has 3 nitrogen and oxygen atoms in total. The zero-order chi connectivity index (χ0) is 13.4. The van der Waals surface area contributed by atoms with Gasteiger partial charge in [-0.1, -0.05) is 37.1 Å². The van der Waals surface area contributed by atoms with Gasteiger partial charge in [-0.05, 0) is 30.2 Å². The fraction of sp³-hybridized carbons (Fsp3) is 0.357. The first kappa shape index (κ1) is 14.6. The number of nitrogens with zero attached hydrogens (tertiary/aromatic N) is 1. The molecule has 0 fully saturated rings. The van der Waals surface area contributed by atoms with E-state index in [0.717, 1.165) is 24.9 Å². The van der Waals surface area contributed by atoms with Crippen molar-refractivity contribution in [1.82, 2.24) is 10.2 Å². The third-order valence-corrected chi connectivity index (χ3v) is 2.80. The van der Waals surface area contributed by atoms with Gasteiger partial charge in [0, 0.05) is 24.8 Å². The van der Waals surface area contributed by atoms with Gasteiger partial charge in [-0.25, -0.2) is 4.79 Å². The second-order valence-corrected chi connectivity index (χ2v) is 4.55. The third-order valence-electron chi connectivity index (χ3n) is 2.55. The van der Waals surface area contributed by atoms with Gasteiger partial charge in [0.2, 0.25) is 0 Å². The molecule has 2 amide bonds. The Balaban J connectivity index is 2.39. The largest absolute Gasteiger partial charge is 0.328 e. The molecule has 0 radical (unpaired) electrons. The molecule has 1 N–H and O–H groups in total. The molecular weight excluding hydrogens is 248 g/mol. The highest BCUT2D eigenvalue weighted by Gasteiger charge is 2.04. The van der Waals surface area contributed by atoms with E-state index in [9.17, 15) is 4.79 Å². The number of benzene rings is 1. The summed E-state index contributed by atoms with van der Waals surface area (Å²) in [5.41, 5.74) is 0.996. The Bertz CT molecular complexity index is 401. The summed E-state index contributed by atoms with van der Waals surface area (Å²) >= 11 is 5.79. The summed E-state index contributed by atoms with van der Waals surface area (Å²) in [5, 5.41) is 3.43. The predicted octanol–water partition coefficient (Wildman–Crippen LogP) is 3.75. The van der Waals surface area contributed by atoms with Crippen molar-refractivity contribution in [2.45, 2.75) is 19.8 Å². The van der Waals surface area contributed by atoms with E-state index >= 15 is 0 Å². The Hall–Kier alpha value is -1.48. The molecule has 4 heteroatoms. The van der Waals surface area contributed by atoms with Crippen LogP contribution in [0.25, 0.3) is 6.08 Å². The smallest absolute Gasteiger partial charge is 0.321 e. The van der Waals surface area contributed by atoms with Crippen LogP contribution >= 0.6 is 11.6 Å². The summed E-state index contributed by atoms with van der Waals surface area (Å²) in [5.74, 6) is 0. The van der Waals surface area contributed by atoms with Crippen LogP contribution in [0.15, 0.2) is 30.5 Å². The van der Waals surface area contributed by atoms with Gasteiger partial charge in [-0.15, -0.1) is 0 Å². The van der Waals surface area contributed by atoms with E-state index in [-0.39, 0.29) is 6.03 Å². The fourth-order valence-corrected chi connectivity index (χ4v) is 1.52. The molecule has 18 heavy (non-hydrogen) atoms. The minimum absolute atomic E-state index is 0.0892. The molecular formula is C14H19ClN2O. The van der Waals surface area contributed by atoms with Crippen molar-refractivity contribution in [2.75, 3.05) is 13.6 Å². The summed E-state index contributed by atoms with van der Waals surface area (Å²) in [6.45, 7) is 2.88. The van der Waals surface area contributed by atoms with Gasteiger partial charge in [0.15, 0.2) is 0 Å². The zero-order valence-electron chi connectivity index (χ0n) is 10.8. The molecule has 0 saturated carbocycles. The normalized spacial score (nSPS) is 10.6. The fourth-order valence-electron chi connectivity index (χ4n) is 1.39. The molecule has 0 bridgehead atoms. The van der Waals surface area contributed by atoms with Crippen molar-refractivity contribution >= 4 is 23.7 Å². The van der Waals surface area contributed by atoms with Crippen molar-refractivity contribution in [3.05, 3.63) is 41.1 Å². The van der Waals surface area contributed by atoms with Crippen LogP contribution in [0.1, 0.15) is 25.3 Å². The van der Waals surface area contributed by atoms with Gasteiger partial charge in [0.1, 0.15) is 0 Å². The van der Waals surface area contributed by atoms with Crippen LogP contribution in [0, 0.1) is 0 Å². The summed E-state index contributed by atoms with van der Waals surface area (Å²) in [4.78, 5) is 13.3. The first-order chi connectivity index (χ1) is 8.63. The van der Waals surface area contributed by atoms with Gasteiger partial charge in [-0.2, -0.15) is 0 Å². The number of unbranched alkanes of at least 4 members (excludes halogenated alkanes) is 1. The SMILES string of the molecule is CCCCN(C)C(=O)N/C=C/c1ccc(Cl)cc1. The molecule has 0 aromatic heterocycles. The Morgan fingerprint density at radius 2 is 2.06 bits per heavy atom. The lowest BCUT2D eigenvalue weighted by Crippen LogP contribution is -2.34. The zero-order valence-corrected chi connectivity index (χ0v) is 11.6. The van der Waals surface area contributed by atoms with E-state index in [1.165, 1.54) is 0 Å². The van der Waals surface area contributed by atoms with Crippen LogP contribution in [0.2, 0.25) is 5.02 Å². The molecule has 0 unspecified atom stereocenters. The van der Waals surface area contributed by atoms with Crippen LogP contribution in [-0.4, -0.2) is 24.5 Å². The number of nitrogens with one attached hydrogen (secondary N) is 1. The van der Waals surface area contributed by atoms with Crippen molar-refractivity contribution in [2.24, 2.45) is 0 Å². The van der Waals surface area contributed by atoms with Gasteiger partial charge in [0.05, 0.1) is 0 Å². The molecule has 0 aliphatic carbocycles. The van der Waals surface area contributed by atoms with E-state index in [2.05, 4.69) is 12.2 Å². The number of rotatable bonds is 5. The van der Waals surface area contributed by atoms with Crippen LogP contribution in [-0.2, 0) is 0 Å². The highest BCUT2D eigenvalue weighted by Crippen LogP contribution is 2.10. The molecule has 0 heterocycles. The molecule has 1 rings (SSSR count). The molecule has 0 spiro atoms. The Morgan fingerprint density at radius 3 is 2.67 bits per heavy atom. The highest BCUT2D eigenvalue weighted by atomic mass is 35.5. The van der Waals surface area contributed by atoms with Gasteiger partial charge in [0.25, 0.3) is 0 Å².